The Morgan fingerprint density at radius 2 is 2.06 bits per heavy atom. The van der Waals surface area contributed by atoms with Crippen molar-refractivity contribution in [2.45, 2.75) is 52.0 Å². The fourth-order valence-electron chi connectivity index (χ4n) is 2.75. The summed E-state index contributed by atoms with van der Waals surface area (Å²) >= 11 is 0. The van der Waals surface area contributed by atoms with E-state index in [4.69, 9.17) is 5.73 Å². The quantitative estimate of drug-likeness (QED) is 0.798. The fraction of sp³-hybridized carbons (Fsp3) is 0.643. The molecule has 0 bridgehead atoms. The highest BCUT2D eigenvalue weighted by molar-refractivity contribution is 5.34. The van der Waals surface area contributed by atoms with E-state index in [1.54, 1.807) is 0 Å². The Bertz CT molecular complexity index is 429. The van der Waals surface area contributed by atoms with Crippen molar-refractivity contribution >= 4 is 0 Å². The van der Waals surface area contributed by atoms with E-state index in [1.165, 1.54) is 42.5 Å². The van der Waals surface area contributed by atoms with Gasteiger partial charge in [0.25, 0.3) is 0 Å². The molecule has 1 aliphatic rings. The van der Waals surface area contributed by atoms with E-state index in [-0.39, 0.29) is 6.04 Å². The average Bonchev–Trinajstić information content (AvgIpc) is 2.52. The van der Waals surface area contributed by atoms with Gasteiger partial charge in [-0.15, -0.1) is 0 Å². The van der Waals surface area contributed by atoms with Gasteiger partial charge < -0.3 is 5.73 Å². The second kappa shape index (κ2) is 5.05. The van der Waals surface area contributed by atoms with Crippen molar-refractivity contribution in [1.82, 2.24) is 9.78 Å². The largest absolute Gasteiger partial charge is 0.320 e. The molecule has 2 N–H and O–H groups in total. The molecule has 0 saturated heterocycles. The molecule has 0 aliphatic heterocycles. The van der Waals surface area contributed by atoms with Gasteiger partial charge in [0.2, 0.25) is 0 Å². The van der Waals surface area contributed by atoms with Crippen LogP contribution in [0.25, 0.3) is 0 Å². The summed E-state index contributed by atoms with van der Waals surface area (Å²) in [5.74, 6) is 0. The number of aryl methyl sites for hydroxylation is 2. The Kier molecular flexibility index (Phi) is 3.67. The highest BCUT2D eigenvalue weighted by atomic mass is 15.3. The average molecular weight is 233 g/mol. The Balaban J connectivity index is 2.29. The van der Waals surface area contributed by atoms with Crippen molar-refractivity contribution in [1.29, 1.82) is 0 Å². The minimum absolute atomic E-state index is 0.0433. The van der Waals surface area contributed by atoms with E-state index in [2.05, 4.69) is 25.0 Å². The van der Waals surface area contributed by atoms with Gasteiger partial charge in [0, 0.05) is 18.3 Å². The van der Waals surface area contributed by atoms with Crippen LogP contribution >= 0.6 is 0 Å². The summed E-state index contributed by atoms with van der Waals surface area (Å²) in [6.45, 7) is 4.16. The van der Waals surface area contributed by atoms with Gasteiger partial charge >= 0.3 is 0 Å². The van der Waals surface area contributed by atoms with Gasteiger partial charge in [-0.2, -0.15) is 5.10 Å². The summed E-state index contributed by atoms with van der Waals surface area (Å²) < 4.78 is 1.93. The molecule has 1 heterocycles. The normalized spacial score (nSPS) is 18.7. The van der Waals surface area contributed by atoms with Gasteiger partial charge in [-0.3, -0.25) is 4.68 Å². The van der Waals surface area contributed by atoms with Crippen LogP contribution in [0.2, 0.25) is 0 Å². The zero-order valence-electron chi connectivity index (χ0n) is 11.2. The first kappa shape index (κ1) is 12.4. The van der Waals surface area contributed by atoms with Crippen molar-refractivity contribution in [3.63, 3.8) is 0 Å². The first-order valence-electron chi connectivity index (χ1n) is 6.56. The predicted octanol–water partition coefficient (Wildman–Crippen LogP) is 2.93. The van der Waals surface area contributed by atoms with Crippen molar-refractivity contribution in [3.05, 3.63) is 28.6 Å². The monoisotopic (exact) mass is 233 g/mol. The third-order valence-electron chi connectivity index (χ3n) is 3.85. The number of aromatic nitrogens is 2. The Hall–Kier alpha value is -1.09. The van der Waals surface area contributed by atoms with E-state index in [0.717, 1.165) is 12.1 Å². The maximum absolute atomic E-state index is 6.43. The number of nitrogens with zero attached hydrogens (tertiary/aromatic N) is 2. The van der Waals surface area contributed by atoms with Crippen LogP contribution in [0.3, 0.4) is 0 Å². The summed E-state index contributed by atoms with van der Waals surface area (Å²) in [5.41, 5.74) is 11.3. The SMILES string of the molecule is Cc1nn(C)c(C)c1C(N)C1=CCCCCC1. The third kappa shape index (κ3) is 2.44. The van der Waals surface area contributed by atoms with Crippen LogP contribution in [0.15, 0.2) is 11.6 Å². The van der Waals surface area contributed by atoms with Crippen molar-refractivity contribution in [3.8, 4) is 0 Å². The molecule has 1 aromatic rings. The van der Waals surface area contributed by atoms with Crippen LogP contribution in [0, 0.1) is 13.8 Å². The molecule has 1 atom stereocenters. The van der Waals surface area contributed by atoms with E-state index in [1.807, 2.05) is 11.7 Å². The number of hydrogen-bond donors (Lipinski definition) is 1. The summed E-state index contributed by atoms with van der Waals surface area (Å²) in [7, 11) is 1.99. The van der Waals surface area contributed by atoms with Gasteiger partial charge in [-0.25, -0.2) is 0 Å². The van der Waals surface area contributed by atoms with Crippen molar-refractivity contribution < 1.29 is 0 Å². The van der Waals surface area contributed by atoms with Gasteiger partial charge in [0.15, 0.2) is 0 Å². The van der Waals surface area contributed by atoms with Gasteiger partial charge in [-0.05, 0) is 39.5 Å². The van der Waals surface area contributed by atoms with Crippen molar-refractivity contribution in [2.24, 2.45) is 12.8 Å². The lowest BCUT2D eigenvalue weighted by Crippen LogP contribution is -2.15. The minimum Gasteiger partial charge on any atom is -0.320 e. The van der Waals surface area contributed by atoms with E-state index >= 15 is 0 Å². The fourth-order valence-corrected chi connectivity index (χ4v) is 2.75. The molecule has 0 aromatic carbocycles. The molecule has 17 heavy (non-hydrogen) atoms. The Morgan fingerprint density at radius 1 is 1.29 bits per heavy atom. The molecule has 1 aromatic heterocycles. The molecule has 0 saturated carbocycles. The van der Waals surface area contributed by atoms with E-state index in [0.29, 0.717) is 0 Å². The van der Waals surface area contributed by atoms with Gasteiger partial charge in [0.1, 0.15) is 0 Å². The summed E-state index contributed by atoms with van der Waals surface area (Å²) in [6.07, 6.45) is 8.59. The first-order chi connectivity index (χ1) is 8.11. The Labute approximate surface area is 104 Å². The molecule has 94 valence electrons. The lowest BCUT2D eigenvalue weighted by atomic mass is 9.94. The van der Waals surface area contributed by atoms with Gasteiger partial charge in [0.05, 0.1) is 11.7 Å². The van der Waals surface area contributed by atoms with Crippen LogP contribution < -0.4 is 5.73 Å². The zero-order chi connectivity index (χ0) is 12.4. The lowest BCUT2D eigenvalue weighted by molar-refractivity contribution is 0.684. The predicted molar refractivity (Wildman–Crippen MR) is 70.8 cm³/mol. The minimum atomic E-state index is 0.0433. The molecular formula is C14H23N3. The molecule has 3 heteroatoms. The molecule has 2 rings (SSSR count). The van der Waals surface area contributed by atoms with Crippen LogP contribution in [-0.4, -0.2) is 9.78 Å². The van der Waals surface area contributed by atoms with Crippen LogP contribution in [0.5, 0.6) is 0 Å². The summed E-state index contributed by atoms with van der Waals surface area (Å²) in [5, 5.41) is 4.46. The standard InChI is InChI=1S/C14H23N3/c1-10-13(11(2)17(3)16-10)14(15)12-8-6-4-5-7-9-12/h8,14H,4-7,9,15H2,1-3H3. The molecule has 3 nitrogen and oxygen atoms in total. The highest BCUT2D eigenvalue weighted by Gasteiger charge is 2.20. The van der Waals surface area contributed by atoms with E-state index in [9.17, 15) is 0 Å². The maximum Gasteiger partial charge on any atom is 0.0647 e. The number of rotatable bonds is 2. The zero-order valence-corrected chi connectivity index (χ0v) is 11.2. The third-order valence-corrected chi connectivity index (χ3v) is 3.85. The van der Waals surface area contributed by atoms with Crippen LogP contribution in [0.1, 0.15) is 55.1 Å². The molecule has 0 fully saturated rings. The summed E-state index contributed by atoms with van der Waals surface area (Å²) in [6, 6.07) is 0.0433. The smallest absolute Gasteiger partial charge is 0.0647 e. The lowest BCUT2D eigenvalue weighted by Gasteiger charge is -2.16. The molecule has 1 unspecified atom stereocenters. The second-order valence-corrected chi connectivity index (χ2v) is 5.06. The molecule has 1 aliphatic carbocycles. The topological polar surface area (TPSA) is 43.8 Å². The molecule has 0 amide bonds. The van der Waals surface area contributed by atoms with Gasteiger partial charge in [-0.1, -0.05) is 18.1 Å². The summed E-state index contributed by atoms with van der Waals surface area (Å²) in [4.78, 5) is 0. The molecule has 0 radical (unpaired) electrons. The first-order valence-corrected chi connectivity index (χ1v) is 6.56. The van der Waals surface area contributed by atoms with Crippen molar-refractivity contribution in [2.75, 3.05) is 0 Å². The highest BCUT2D eigenvalue weighted by Crippen LogP contribution is 2.30. The second-order valence-electron chi connectivity index (χ2n) is 5.06. The van der Waals surface area contributed by atoms with Crippen LogP contribution in [0.4, 0.5) is 0 Å². The number of allylic oxidation sites excluding steroid dienone is 1. The number of hydrogen-bond acceptors (Lipinski definition) is 2. The number of nitrogens with two attached hydrogens (primary N) is 1. The molecular weight excluding hydrogens is 210 g/mol. The van der Waals surface area contributed by atoms with Crippen LogP contribution in [-0.2, 0) is 7.05 Å². The maximum atomic E-state index is 6.43. The Morgan fingerprint density at radius 3 is 2.71 bits per heavy atom. The molecule has 0 spiro atoms. The van der Waals surface area contributed by atoms with E-state index < -0.39 is 0 Å².